The lowest BCUT2D eigenvalue weighted by molar-refractivity contribution is -0.114. The second kappa shape index (κ2) is 6.40. The molecule has 2 aromatic carbocycles. The van der Waals surface area contributed by atoms with E-state index < -0.39 is 11.7 Å². The van der Waals surface area contributed by atoms with Crippen LogP contribution in [0, 0.1) is 0 Å². The number of hydrogen-bond acceptors (Lipinski definition) is 3. The lowest BCUT2D eigenvalue weighted by atomic mass is 10.1. The third kappa shape index (κ3) is 3.15. The Bertz CT molecular complexity index is 807. The van der Waals surface area contributed by atoms with Crippen molar-refractivity contribution < 1.29 is 14.3 Å². The summed E-state index contributed by atoms with van der Waals surface area (Å²) >= 11 is 17.8. The molecule has 0 aromatic heterocycles. The summed E-state index contributed by atoms with van der Waals surface area (Å²) in [5.74, 6) is -0.736. The molecule has 2 aromatic rings. The second-order valence-corrected chi connectivity index (χ2v) is 6.15. The van der Waals surface area contributed by atoms with Crippen molar-refractivity contribution >= 4 is 52.2 Å². The van der Waals surface area contributed by atoms with Crippen molar-refractivity contribution in [2.45, 2.75) is 0 Å². The Morgan fingerprint density at radius 2 is 1.65 bits per heavy atom. The van der Waals surface area contributed by atoms with Gasteiger partial charge < -0.3 is 9.64 Å². The number of Topliss-reactive ketones (excluding diaryl/α,β-unsaturated/α-hetero) is 1. The summed E-state index contributed by atoms with van der Waals surface area (Å²) in [5, 5.41) is 1.33. The predicted octanol–water partition coefficient (Wildman–Crippen LogP) is 4.26. The largest absolute Gasteiger partial charge is 0.490 e. The molecule has 1 aliphatic rings. The van der Waals surface area contributed by atoms with Gasteiger partial charge in [-0.15, -0.1) is 0 Å². The summed E-state index contributed by atoms with van der Waals surface area (Å²) in [7, 11) is 0. The number of hydrogen-bond donors (Lipinski definition) is 0. The topological polar surface area (TPSA) is 46.6 Å². The zero-order chi connectivity index (χ0) is 16.6. The summed E-state index contributed by atoms with van der Waals surface area (Å²) in [4.78, 5) is 25.4. The van der Waals surface area contributed by atoms with E-state index in [0.717, 1.165) is 0 Å². The maximum Gasteiger partial charge on any atom is 0.299 e. The van der Waals surface area contributed by atoms with Gasteiger partial charge in [-0.1, -0.05) is 34.8 Å². The number of carbonyl (C=O) groups is 2. The van der Waals surface area contributed by atoms with Crippen molar-refractivity contribution in [3.63, 3.8) is 0 Å². The molecule has 1 aliphatic heterocycles. The molecule has 118 valence electrons. The average molecular weight is 371 g/mol. The van der Waals surface area contributed by atoms with Crippen LogP contribution in [0.3, 0.4) is 0 Å². The third-order valence-electron chi connectivity index (χ3n) is 3.40. The normalized spacial score (nSPS) is 13.4. The molecule has 4 nitrogen and oxygen atoms in total. The van der Waals surface area contributed by atoms with Gasteiger partial charge in [0.05, 0.1) is 22.8 Å². The summed E-state index contributed by atoms with van der Waals surface area (Å²) in [6.45, 7) is 0.378. The minimum Gasteiger partial charge on any atom is -0.490 e. The van der Waals surface area contributed by atoms with E-state index in [0.29, 0.717) is 32.1 Å². The minimum atomic E-state index is -0.594. The van der Waals surface area contributed by atoms with Gasteiger partial charge in [-0.25, -0.2) is 0 Å². The van der Waals surface area contributed by atoms with Crippen molar-refractivity contribution in [3.05, 3.63) is 57.0 Å². The minimum absolute atomic E-state index is 0.168. The van der Waals surface area contributed by atoms with E-state index in [-0.39, 0.29) is 13.2 Å². The van der Waals surface area contributed by atoms with Gasteiger partial charge >= 0.3 is 0 Å². The third-order valence-corrected chi connectivity index (χ3v) is 4.18. The average Bonchev–Trinajstić information content (AvgIpc) is 2.75. The van der Waals surface area contributed by atoms with Gasteiger partial charge in [0.25, 0.3) is 11.7 Å². The molecule has 0 saturated carbocycles. The molecule has 3 rings (SSSR count). The van der Waals surface area contributed by atoms with Crippen molar-refractivity contribution in [3.8, 4) is 5.75 Å². The smallest absolute Gasteiger partial charge is 0.299 e. The van der Waals surface area contributed by atoms with E-state index >= 15 is 0 Å². The molecule has 0 saturated heterocycles. The molecule has 0 N–H and O–H groups in total. The quantitative estimate of drug-likeness (QED) is 0.756. The number of ketones is 1. The first kappa shape index (κ1) is 16.1. The van der Waals surface area contributed by atoms with Crippen molar-refractivity contribution in [1.82, 2.24) is 0 Å². The highest BCUT2D eigenvalue weighted by Crippen LogP contribution is 2.31. The fraction of sp³-hybridized carbons (Fsp3) is 0.125. The van der Waals surface area contributed by atoms with Crippen LogP contribution in [-0.2, 0) is 4.79 Å². The first-order chi connectivity index (χ1) is 11.0. The standard InChI is InChI=1S/C16H10Cl3NO3/c17-9-2-4-13-11(7-9)15(21)16(22)20(13)5-6-23-14-8-10(18)1-3-12(14)19/h1-4,7-8H,5-6H2. The Morgan fingerprint density at radius 3 is 2.43 bits per heavy atom. The second-order valence-electron chi connectivity index (χ2n) is 4.87. The van der Waals surface area contributed by atoms with E-state index in [2.05, 4.69) is 0 Å². The summed E-state index contributed by atoms with van der Waals surface area (Å²) in [6, 6.07) is 9.64. The van der Waals surface area contributed by atoms with E-state index in [9.17, 15) is 9.59 Å². The Kier molecular flexibility index (Phi) is 4.48. The van der Waals surface area contributed by atoms with Gasteiger partial charge in [0, 0.05) is 16.1 Å². The highest BCUT2D eigenvalue weighted by Gasteiger charge is 2.35. The van der Waals surface area contributed by atoms with Gasteiger partial charge in [-0.05, 0) is 30.3 Å². The maximum atomic E-state index is 12.1. The number of ether oxygens (including phenoxy) is 1. The zero-order valence-corrected chi connectivity index (χ0v) is 14.0. The van der Waals surface area contributed by atoms with E-state index in [1.165, 1.54) is 11.0 Å². The maximum absolute atomic E-state index is 12.1. The number of amides is 1. The Labute approximate surface area is 147 Å². The first-order valence-corrected chi connectivity index (χ1v) is 7.84. The molecule has 7 heteroatoms. The summed E-state index contributed by atoms with van der Waals surface area (Å²) < 4.78 is 5.55. The van der Waals surface area contributed by atoms with Crippen molar-refractivity contribution in [2.75, 3.05) is 18.1 Å². The van der Waals surface area contributed by atoms with Gasteiger partial charge in [-0.3, -0.25) is 9.59 Å². The molecule has 0 bridgehead atoms. The Hall–Kier alpha value is -1.75. The first-order valence-electron chi connectivity index (χ1n) is 6.71. The summed E-state index contributed by atoms with van der Waals surface area (Å²) in [6.07, 6.45) is 0. The Morgan fingerprint density at radius 1 is 0.957 bits per heavy atom. The van der Waals surface area contributed by atoms with Crippen LogP contribution < -0.4 is 9.64 Å². The monoisotopic (exact) mass is 369 g/mol. The van der Waals surface area contributed by atoms with Crippen LogP contribution in [0.5, 0.6) is 5.75 Å². The number of anilines is 1. The molecular formula is C16H10Cl3NO3. The SMILES string of the molecule is O=C1C(=O)N(CCOc2cc(Cl)ccc2Cl)c2ccc(Cl)cc21. The van der Waals surface area contributed by atoms with Crippen molar-refractivity contribution in [1.29, 1.82) is 0 Å². The Balaban J connectivity index is 1.73. The molecule has 0 fully saturated rings. The number of fused-ring (bicyclic) bond motifs is 1. The zero-order valence-electron chi connectivity index (χ0n) is 11.7. The molecule has 23 heavy (non-hydrogen) atoms. The molecule has 0 aliphatic carbocycles. The molecule has 1 amide bonds. The molecule has 0 unspecified atom stereocenters. The van der Waals surface area contributed by atoms with E-state index in [4.69, 9.17) is 39.5 Å². The highest BCUT2D eigenvalue weighted by atomic mass is 35.5. The molecule has 0 spiro atoms. The van der Waals surface area contributed by atoms with Gasteiger partial charge in [-0.2, -0.15) is 0 Å². The predicted molar refractivity (Wildman–Crippen MR) is 90.1 cm³/mol. The number of halogens is 3. The number of benzene rings is 2. The lowest BCUT2D eigenvalue weighted by Gasteiger charge is -2.17. The highest BCUT2D eigenvalue weighted by molar-refractivity contribution is 6.52. The van der Waals surface area contributed by atoms with Crippen molar-refractivity contribution in [2.24, 2.45) is 0 Å². The number of carbonyl (C=O) groups excluding carboxylic acids is 2. The van der Waals surface area contributed by atoms with Gasteiger partial charge in [0.15, 0.2) is 0 Å². The van der Waals surface area contributed by atoms with Crippen LogP contribution in [-0.4, -0.2) is 24.8 Å². The van der Waals surface area contributed by atoms with Crippen LogP contribution in [0.2, 0.25) is 15.1 Å². The van der Waals surface area contributed by atoms with Crippen LogP contribution in [0.1, 0.15) is 10.4 Å². The fourth-order valence-corrected chi connectivity index (χ4v) is 2.84. The molecule has 1 heterocycles. The number of nitrogens with zero attached hydrogens (tertiary/aromatic N) is 1. The van der Waals surface area contributed by atoms with Crippen LogP contribution in [0.25, 0.3) is 0 Å². The molecule has 0 atom stereocenters. The van der Waals surface area contributed by atoms with Crippen LogP contribution >= 0.6 is 34.8 Å². The lowest BCUT2D eigenvalue weighted by Crippen LogP contribution is -2.33. The van der Waals surface area contributed by atoms with Crippen LogP contribution in [0.4, 0.5) is 5.69 Å². The summed E-state index contributed by atoms with van der Waals surface area (Å²) in [5.41, 5.74) is 0.841. The van der Waals surface area contributed by atoms with E-state index in [1.807, 2.05) is 0 Å². The van der Waals surface area contributed by atoms with E-state index in [1.54, 1.807) is 30.3 Å². The van der Waals surface area contributed by atoms with Crippen LogP contribution in [0.15, 0.2) is 36.4 Å². The fourth-order valence-electron chi connectivity index (χ4n) is 2.33. The molecule has 0 radical (unpaired) electrons. The van der Waals surface area contributed by atoms with Gasteiger partial charge in [0.1, 0.15) is 12.4 Å². The van der Waals surface area contributed by atoms with Gasteiger partial charge in [0.2, 0.25) is 0 Å². The molecular weight excluding hydrogens is 361 g/mol. The number of rotatable bonds is 4.